The molecule has 1 aliphatic carbocycles. The highest BCUT2D eigenvalue weighted by atomic mass is 16.4. The van der Waals surface area contributed by atoms with Gasteiger partial charge in [-0.15, -0.1) is 0 Å². The number of nitrogens with zero attached hydrogens (tertiary/aromatic N) is 1. The number of aromatic nitrogens is 1. The molecule has 0 aromatic carbocycles. The molecule has 0 spiro atoms. The van der Waals surface area contributed by atoms with Crippen LogP contribution in [0.5, 0.6) is 0 Å². The van der Waals surface area contributed by atoms with E-state index in [0.717, 1.165) is 12.8 Å². The fraction of sp³-hybridized carbons (Fsp3) is 0.538. The zero-order chi connectivity index (χ0) is 13.8. The molecule has 6 heteroatoms. The highest BCUT2D eigenvalue weighted by Crippen LogP contribution is 2.32. The van der Waals surface area contributed by atoms with Gasteiger partial charge in [0, 0.05) is 25.2 Å². The van der Waals surface area contributed by atoms with E-state index in [1.54, 1.807) is 6.07 Å². The van der Waals surface area contributed by atoms with Crippen LogP contribution in [-0.2, 0) is 4.79 Å². The van der Waals surface area contributed by atoms with E-state index in [2.05, 4.69) is 5.32 Å². The second kappa shape index (κ2) is 5.88. The van der Waals surface area contributed by atoms with Gasteiger partial charge in [0.1, 0.15) is 5.69 Å². The molecule has 1 heterocycles. The normalized spacial score (nSPS) is 16.7. The molecule has 0 saturated heterocycles. The zero-order valence-corrected chi connectivity index (χ0v) is 10.6. The number of carboxylic acids is 1. The van der Waals surface area contributed by atoms with E-state index in [-0.39, 0.29) is 18.9 Å². The maximum Gasteiger partial charge on any atom is 0.332 e. The molecule has 104 valence electrons. The van der Waals surface area contributed by atoms with E-state index in [4.69, 9.17) is 10.2 Å². The summed E-state index contributed by atoms with van der Waals surface area (Å²) < 4.78 is 1.96. The molecule has 1 fully saturated rings. The van der Waals surface area contributed by atoms with Crippen molar-refractivity contribution in [3.05, 3.63) is 24.0 Å². The predicted octanol–water partition coefficient (Wildman–Crippen LogP) is 0.778. The Kier molecular flexibility index (Phi) is 4.21. The van der Waals surface area contributed by atoms with Crippen molar-refractivity contribution in [2.45, 2.75) is 37.8 Å². The molecule has 0 bridgehead atoms. The van der Waals surface area contributed by atoms with Crippen molar-refractivity contribution in [3.63, 3.8) is 0 Å². The molecule has 1 saturated carbocycles. The third-order valence-corrected chi connectivity index (χ3v) is 3.47. The number of hydrogen-bond acceptors (Lipinski definition) is 3. The van der Waals surface area contributed by atoms with E-state index < -0.39 is 12.1 Å². The van der Waals surface area contributed by atoms with Gasteiger partial charge in [0.25, 0.3) is 5.91 Å². The van der Waals surface area contributed by atoms with Crippen molar-refractivity contribution in [2.75, 3.05) is 6.54 Å². The number of aliphatic hydroxyl groups is 1. The average Bonchev–Trinajstić information content (AvgIpc) is 2.75. The van der Waals surface area contributed by atoms with Crippen LogP contribution in [0, 0.1) is 0 Å². The van der Waals surface area contributed by atoms with E-state index >= 15 is 0 Å². The van der Waals surface area contributed by atoms with E-state index in [9.17, 15) is 9.59 Å². The fourth-order valence-corrected chi connectivity index (χ4v) is 2.11. The molecule has 1 atom stereocenters. The summed E-state index contributed by atoms with van der Waals surface area (Å²) >= 11 is 0. The molecule has 1 amide bonds. The second-order valence-electron chi connectivity index (χ2n) is 4.78. The van der Waals surface area contributed by atoms with Crippen LogP contribution in [0.3, 0.4) is 0 Å². The summed E-state index contributed by atoms with van der Waals surface area (Å²) in [7, 11) is 0. The first kappa shape index (κ1) is 13.6. The maximum atomic E-state index is 12.0. The molecule has 0 radical (unpaired) electrons. The van der Waals surface area contributed by atoms with Crippen LogP contribution in [0.2, 0.25) is 0 Å². The van der Waals surface area contributed by atoms with Crippen LogP contribution >= 0.6 is 0 Å². The molecule has 3 N–H and O–H groups in total. The van der Waals surface area contributed by atoms with Crippen molar-refractivity contribution in [3.8, 4) is 0 Å². The minimum atomic E-state index is -1.43. The van der Waals surface area contributed by atoms with Crippen LogP contribution in [-0.4, -0.2) is 39.3 Å². The van der Waals surface area contributed by atoms with Gasteiger partial charge in [0.2, 0.25) is 0 Å². The number of amides is 1. The van der Waals surface area contributed by atoms with Crippen LogP contribution in [0.1, 0.15) is 42.2 Å². The number of nitrogens with one attached hydrogen (secondary N) is 1. The molecule has 2 rings (SSSR count). The van der Waals surface area contributed by atoms with E-state index in [1.807, 2.05) is 16.8 Å². The highest BCUT2D eigenvalue weighted by molar-refractivity contribution is 5.92. The maximum absolute atomic E-state index is 12.0. The van der Waals surface area contributed by atoms with Gasteiger partial charge in [0.15, 0.2) is 6.10 Å². The molecule has 1 aromatic heterocycles. The van der Waals surface area contributed by atoms with Gasteiger partial charge < -0.3 is 20.1 Å². The Hall–Kier alpha value is -1.82. The third-order valence-electron chi connectivity index (χ3n) is 3.47. The van der Waals surface area contributed by atoms with E-state index in [0.29, 0.717) is 11.7 Å². The third kappa shape index (κ3) is 3.14. The standard InChI is InChI=1S/C13H18N2O4/c16-11(13(18)19)6-7-14-12(17)10-5-2-8-15(10)9-3-1-4-9/h2,5,8-9,11,16H,1,3-4,6-7H2,(H,14,17)(H,18,19)/t11-/m0/s1. The Labute approximate surface area is 111 Å². The Balaban J connectivity index is 1.86. The summed E-state index contributed by atoms with van der Waals surface area (Å²) in [6.45, 7) is 0.141. The molecule has 1 aromatic rings. The number of aliphatic hydroxyl groups excluding tert-OH is 1. The number of hydrogen-bond donors (Lipinski definition) is 3. The molecular formula is C13H18N2O4. The number of carboxylic acid groups (broad SMARTS) is 1. The largest absolute Gasteiger partial charge is 0.479 e. The van der Waals surface area contributed by atoms with Gasteiger partial charge in [-0.05, 0) is 31.4 Å². The lowest BCUT2D eigenvalue weighted by Crippen LogP contribution is -2.32. The van der Waals surface area contributed by atoms with Crippen molar-refractivity contribution in [1.82, 2.24) is 9.88 Å². The summed E-state index contributed by atoms with van der Waals surface area (Å²) in [5.41, 5.74) is 0.592. The lowest BCUT2D eigenvalue weighted by molar-refractivity contribution is -0.146. The number of aliphatic carboxylic acids is 1. The van der Waals surface area contributed by atoms with Gasteiger partial charge in [-0.3, -0.25) is 4.79 Å². The summed E-state index contributed by atoms with van der Waals surface area (Å²) in [6.07, 6.45) is 3.84. The van der Waals surface area contributed by atoms with Crippen LogP contribution in [0.15, 0.2) is 18.3 Å². The lowest BCUT2D eigenvalue weighted by Gasteiger charge is -2.28. The molecule has 0 unspecified atom stereocenters. The smallest absolute Gasteiger partial charge is 0.332 e. The van der Waals surface area contributed by atoms with Crippen LogP contribution < -0.4 is 5.32 Å². The summed E-state index contributed by atoms with van der Waals surface area (Å²) in [4.78, 5) is 22.4. The Morgan fingerprint density at radius 2 is 2.21 bits per heavy atom. The number of carbonyl (C=O) groups is 2. The van der Waals surface area contributed by atoms with Gasteiger partial charge in [-0.1, -0.05) is 0 Å². The van der Waals surface area contributed by atoms with Crippen LogP contribution in [0.4, 0.5) is 0 Å². The Morgan fingerprint density at radius 1 is 1.47 bits per heavy atom. The summed E-state index contributed by atoms with van der Waals surface area (Å²) in [6, 6.07) is 3.99. The predicted molar refractivity (Wildman–Crippen MR) is 67.9 cm³/mol. The topological polar surface area (TPSA) is 91.6 Å². The van der Waals surface area contributed by atoms with Crippen molar-refractivity contribution >= 4 is 11.9 Å². The minimum Gasteiger partial charge on any atom is -0.479 e. The first-order valence-electron chi connectivity index (χ1n) is 6.45. The zero-order valence-electron chi connectivity index (χ0n) is 10.6. The van der Waals surface area contributed by atoms with Gasteiger partial charge >= 0.3 is 5.97 Å². The molecule has 6 nitrogen and oxygen atoms in total. The van der Waals surface area contributed by atoms with Crippen molar-refractivity contribution < 1.29 is 19.8 Å². The van der Waals surface area contributed by atoms with Crippen molar-refractivity contribution in [1.29, 1.82) is 0 Å². The van der Waals surface area contributed by atoms with Crippen LogP contribution in [0.25, 0.3) is 0 Å². The Bertz CT molecular complexity index is 465. The van der Waals surface area contributed by atoms with Gasteiger partial charge in [-0.2, -0.15) is 0 Å². The number of rotatable bonds is 6. The highest BCUT2D eigenvalue weighted by Gasteiger charge is 2.23. The summed E-state index contributed by atoms with van der Waals surface area (Å²) in [5, 5.41) is 20.3. The van der Waals surface area contributed by atoms with Gasteiger partial charge in [0.05, 0.1) is 0 Å². The molecule has 0 aliphatic heterocycles. The first-order chi connectivity index (χ1) is 9.09. The first-order valence-corrected chi connectivity index (χ1v) is 6.45. The molecular weight excluding hydrogens is 248 g/mol. The lowest BCUT2D eigenvalue weighted by atomic mass is 9.93. The Morgan fingerprint density at radius 3 is 2.79 bits per heavy atom. The van der Waals surface area contributed by atoms with E-state index in [1.165, 1.54) is 6.42 Å². The second-order valence-corrected chi connectivity index (χ2v) is 4.78. The SMILES string of the molecule is O=C(NCC[C@H](O)C(=O)O)c1cccn1C1CCC1. The quantitative estimate of drug-likeness (QED) is 0.709. The van der Waals surface area contributed by atoms with Gasteiger partial charge in [-0.25, -0.2) is 4.79 Å². The monoisotopic (exact) mass is 266 g/mol. The van der Waals surface area contributed by atoms with Crippen molar-refractivity contribution in [2.24, 2.45) is 0 Å². The molecule has 1 aliphatic rings. The average molecular weight is 266 g/mol. The minimum absolute atomic E-state index is 0.00517. The summed E-state index contributed by atoms with van der Waals surface area (Å²) in [5.74, 6) is -1.50. The fourth-order valence-electron chi connectivity index (χ4n) is 2.11. The molecule has 19 heavy (non-hydrogen) atoms. The number of carbonyl (C=O) groups excluding carboxylic acids is 1.